The first-order valence-electron chi connectivity index (χ1n) is 11.9. The highest BCUT2D eigenvalue weighted by molar-refractivity contribution is 7.90. The van der Waals surface area contributed by atoms with Gasteiger partial charge in [-0.05, 0) is 65.4 Å². The second-order valence-corrected chi connectivity index (χ2v) is 10.8. The molecule has 1 atom stereocenters. The normalized spacial score (nSPS) is 13.2. The Labute approximate surface area is 228 Å². The molecule has 0 saturated heterocycles. The minimum atomic E-state index is -5.08. The number of nitrogens with one attached hydrogen (secondary N) is 1. The number of alkyl halides is 3. The lowest BCUT2D eigenvalue weighted by molar-refractivity contribution is -0.192. The zero-order valence-electron chi connectivity index (χ0n) is 21.4. The largest absolute Gasteiger partial charge is 0.490 e. The Balaban J connectivity index is 0.000000559. The molecule has 0 radical (unpaired) electrons. The third-order valence-corrected chi connectivity index (χ3v) is 7.23. The maximum atomic E-state index is 13.3. The number of aliphatic carboxylic acids is 1. The summed E-state index contributed by atoms with van der Waals surface area (Å²) < 4.78 is 70.7. The molecule has 40 heavy (non-hydrogen) atoms. The second kappa shape index (κ2) is 12.3. The number of amides is 1. The van der Waals surface area contributed by atoms with Gasteiger partial charge in [0.25, 0.3) is 10.0 Å². The Kier molecular flexibility index (Phi) is 9.30. The minimum Gasteiger partial charge on any atom is -0.475 e. The molecule has 1 aliphatic heterocycles. The summed E-state index contributed by atoms with van der Waals surface area (Å²) in [6, 6.07) is 18.9. The maximum Gasteiger partial charge on any atom is 0.490 e. The number of carboxylic acids is 1. The Bertz CT molecular complexity index is 1460. The van der Waals surface area contributed by atoms with Crippen LogP contribution in [0.2, 0.25) is 0 Å². The molecule has 4 rings (SSSR count). The highest BCUT2D eigenvalue weighted by atomic mass is 32.2. The van der Waals surface area contributed by atoms with Gasteiger partial charge in [-0.2, -0.15) is 13.2 Å². The first-order chi connectivity index (χ1) is 18.7. The van der Waals surface area contributed by atoms with E-state index in [2.05, 4.69) is 4.72 Å². The van der Waals surface area contributed by atoms with E-state index in [1.54, 1.807) is 42.5 Å². The van der Waals surface area contributed by atoms with Gasteiger partial charge in [0.2, 0.25) is 12.7 Å². The number of nitrogen functional groups attached to an aromatic ring is 1. The summed E-state index contributed by atoms with van der Waals surface area (Å²) in [7, 11) is -4.04. The summed E-state index contributed by atoms with van der Waals surface area (Å²) in [6.45, 7) is 4.16. The minimum absolute atomic E-state index is 0.0390. The van der Waals surface area contributed by atoms with Crippen LogP contribution >= 0.6 is 0 Å². The topological polar surface area (TPSA) is 145 Å². The van der Waals surface area contributed by atoms with Gasteiger partial charge in [0.1, 0.15) is 0 Å². The number of carbonyl (C=O) groups is 2. The number of anilines is 1. The van der Waals surface area contributed by atoms with Crippen molar-refractivity contribution in [2.24, 2.45) is 0 Å². The van der Waals surface area contributed by atoms with E-state index in [4.69, 9.17) is 25.1 Å². The number of fused-ring (bicyclic) bond motifs is 1. The zero-order valence-corrected chi connectivity index (χ0v) is 22.3. The average Bonchev–Trinajstić information content (AvgIpc) is 3.36. The van der Waals surface area contributed by atoms with Crippen molar-refractivity contribution in [2.75, 3.05) is 12.5 Å². The third kappa shape index (κ3) is 7.88. The van der Waals surface area contributed by atoms with Crippen molar-refractivity contribution in [3.8, 4) is 11.5 Å². The Hall–Kier alpha value is -4.26. The van der Waals surface area contributed by atoms with E-state index in [1.807, 2.05) is 26.0 Å². The number of carboxylic acid groups (broad SMARTS) is 1. The lowest BCUT2D eigenvalue weighted by Crippen LogP contribution is -2.35. The molecule has 3 aromatic rings. The fraction of sp³-hybridized carbons (Fsp3) is 0.259. The molecular formula is C27H27F3N2O7S. The van der Waals surface area contributed by atoms with Crippen LogP contribution in [-0.4, -0.2) is 38.4 Å². The van der Waals surface area contributed by atoms with Crippen molar-refractivity contribution in [2.45, 2.75) is 43.2 Å². The van der Waals surface area contributed by atoms with Gasteiger partial charge >= 0.3 is 12.1 Å². The van der Waals surface area contributed by atoms with Crippen molar-refractivity contribution >= 4 is 27.6 Å². The van der Waals surface area contributed by atoms with Crippen molar-refractivity contribution in [1.82, 2.24) is 4.72 Å². The van der Waals surface area contributed by atoms with Gasteiger partial charge in [-0.15, -0.1) is 0 Å². The standard InChI is InChI=1S/C25H26N2O5S.C2HF3O2/c1-16(2)18-5-10-21(11-6-18)33(29,30)27-25(28)22(13-17-3-8-20(26)9-4-17)19-7-12-23-24(14-19)32-15-31-23;3-2(4,5)1(6)7/h3-12,14,16,22H,13,15,26H2,1-2H3,(H,27,28);(H,6,7). The van der Waals surface area contributed by atoms with Gasteiger partial charge in [-0.3, -0.25) is 4.79 Å². The molecule has 0 saturated carbocycles. The fourth-order valence-electron chi connectivity index (χ4n) is 3.68. The summed E-state index contributed by atoms with van der Waals surface area (Å²) in [5, 5.41) is 7.12. The van der Waals surface area contributed by atoms with Crippen molar-refractivity contribution in [1.29, 1.82) is 0 Å². The predicted molar refractivity (Wildman–Crippen MR) is 139 cm³/mol. The van der Waals surface area contributed by atoms with Gasteiger partial charge in [0.05, 0.1) is 10.8 Å². The zero-order chi connectivity index (χ0) is 29.7. The molecule has 3 aromatic carbocycles. The second-order valence-electron chi connectivity index (χ2n) is 9.11. The molecule has 0 fully saturated rings. The Morgan fingerprint density at radius 3 is 2.05 bits per heavy atom. The first-order valence-corrected chi connectivity index (χ1v) is 13.4. The summed E-state index contributed by atoms with van der Waals surface area (Å²) in [6.07, 6.45) is -4.80. The number of benzene rings is 3. The van der Waals surface area contributed by atoms with E-state index >= 15 is 0 Å². The lowest BCUT2D eigenvalue weighted by Gasteiger charge is -2.18. The summed E-state index contributed by atoms with van der Waals surface area (Å²) in [5.41, 5.74) is 8.87. The van der Waals surface area contributed by atoms with Gasteiger partial charge in [0.15, 0.2) is 11.5 Å². The monoisotopic (exact) mass is 580 g/mol. The van der Waals surface area contributed by atoms with Crippen LogP contribution in [0.25, 0.3) is 0 Å². The van der Waals surface area contributed by atoms with E-state index in [1.165, 1.54) is 12.1 Å². The lowest BCUT2D eigenvalue weighted by atomic mass is 9.91. The van der Waals surface area contributed by atoms with Crippen LogP contribution in [0.5, 0.6) is 11.5 Å². The van der Waals surface area contributed by atoms with Crippen LogP contribution in [0.15, 0.2) is 71.6 Å². The number of rotatable bonds is 7. The summed E-state index contributed by atoms with van der Waals surface area (Å²) in [4.78, 5) is 22.2. The maximum absolute atomic E-state index is 13.3. The smallest absolute Gasteiger partial charge is 0.475 e. The average molecular weight is 581 g/mol. The van der Waals surface area contributed by atoms with E-state index in [-0.39, 0.29) is 24.0 Å². The van der Waals surface area contributed by atoms with Crippen LogP contribution in [0.4, 0.5) is 18.9 Å². The van der Waals surface area contributed by atoms with E-state index in [0.717, 1.165) is 11.1 Å². The molecule has 214 valence electrons. The highest BCUT2D eigenvalue weighted by Crippen LogP contribution is 2.36. The predicted octanol–water partition coefficient (Wildman–Crippen LogP) is 4.59. The molecule has 0 aromatic heterocycles. The summed E-state index contributed by atoms with van der Waals surface area (Å²) in [5.74, 6) is -2.77. The third-order valence-electron chi connectivity index (χ3n) is 5.87. The van der Waals surface area contributed by atoms with E-state index in [0.29, 0.717) is 22.7 Å². The molecule has 1 unspecified atom stereocenters. The quantitative estimate of drug-likeness (QED) is 0.344. The number of sulfonamides is 1. The van der Waals surface area contributed by atoms with Crippen LogP contribution in [-0.2, 0) is 26.0 Å². The number of carbonyl (C=O) groups excluding carboxylic acids is 1. The van der Waals surface area contributed by atoms with Gasteiger partial charge in [-0.25, -0.2) is 17.9 Å². The van der Waals surface area contributed by atoms with E-state index in [9.17, 15) is 26.4 Å². The number of halogens is 3. The number of hydrogen-bond acceptors (Lipinski definition) is 7. The first kappa shape index (κ1) is 30.3. The van der Waals surface area contributed by atoms with Crippen LogP contribution in [0.1, 0.15) is 42.4 Å². The summed E-state index contributed by atoms with van der Waals surface area (Å²) >= 11 is 0. The molecule has 0 bridgehead atoms. The van der Waals surface area contributed by atoms with Gasteiger partial charge in [-0.1, -0.05) is 44.2 Å². The van der Waals surface area contributed by atoms with E-state index < -0.39 is 34.0 Å². The Morgan fingerprint density at radius 1 is 0.950 bits per heavy atom. The van der Waals surface area contributed by atoms with Crippen LogP contribution in [0, 0.1) is 0 Å². The Morgan fingerprint density at radius 2 is 1.50 bits per heavy atom. The van der Waals surface area contributed by atoms with Crippen LogP contribution in [0.3, 0.4) is 0 Å². The molecule has 1 heterocycles. The molecule has 4 N–H and O–H groups in total. The molecule has 1 aliphatic rings. The highest BCUT2D eigenvalue weighted by Gasteiger charge is 2.38. The number of ether oxygens (including phenoxy) is 2. The molecule has 0 spiro atoms. The van der Waals surface area contributed by atoms with Crippen molar-refractivity contribution < 1.29 is 45.8 Å². The molecule has 9 nitrogen and oxygen atoms in total. The number of nitrogens with two attached hydrogens (primary N) is 1. The van der Waals surface area contributed by atoms with Gasteiger partial charge in [0, 0.05) is 5.69 Å². The van der Waals surface area contributed by atoms with Gasteiger partial charge < -0.3 is 20.3 Å². The number of hydrogen-bond donors (Lipinski definition) is 3. The van der Waals surface area contributed by atoms with Crippen molar-refractivity contribution in [3.05, 3.63) is 83.4 Å². The molecule has 1 amide bonds. The van der Waals surface area contributed by atoms with Crippen molar-refractivity contribution in [3.63, 3.8) is 0 Å². The SMILES string of the molecule is CC(C)c1ccc(S(=O)(=O)NC(=O)C(Cc2ccc(N)cc2)c2ccc3c(c2)OCO3)cc1.O=C(O)C(F)(F)F. The molecular weight excluding hydrogens is 553 g/mol. The fourth-order valence-corrected chi connectivity index (χ4v) is 4.69. The molecule has 13 heteroatoms. The van der Waals surface area contributed by atoms with Crippen LogP contribution < -0.4 is 19.9 Å². The molecule has 0 aliphatic carbocycles.